The number of phenols is 1. The summed E-state index contributed by atoms with van der Waals surface area (Å²) < 4.78 is 0. The maximum absolute atomic E-state index is 9.78. The minimum Gasteiger partial charge on any atom is -0.508 e. The molecular weight excluding hydrogens is 325 g/mol. The summed E-state index contributed by atoms with van der Waals surface area (Å²) in [6.45, 7) is 5.15. The van der Waals surface area contributed by atoms with Gasteiger partial charge in [0.25, 0.3) is 0 Å². The van der Waals surface area contributed by atoms with Crippen molar-refractivity contribution in [1.29, 1.82) is 0 Å². The first-order valence-electron chi connectivity index (χ1n) is 7.30. The Morgan fingerprint density at radius 2 is 1.77 bits per heavy atom. The number of nitrogens with one attached hydrogen (secondary N) is 2. The standard InChI is InChI=1S/C11H13Cl2NO.C3H8N2.CH4O/c1-6-4-8(14-5-6)10-9(15)3-2-7(12)11(10)13;4-3-1-5-2-3;1-2/h2-3,6,8,14-15H,4-5H2,1H3;3,5H,1-2,4H2;2H,1H3/t6-,8?;;/m1../s1. The van der Waals surface area contributed by atoms with E-state index < -0.39 is 0 Å². The summed E-state index contributed by atoms with van der Waals surface area (Å²) in [4.78, 5) is 0. The van der Waals surface area contributed by atoms with Crippen LogP contribution in [0.4, 0.5) is 0 Å². The molecule has 2 aliphatic heterocycles. The molecule has 1 aromatic rings. The number of benzene rings is 1. The van der Waals surface area contributed by atoms with Gasteiger partial charge in [-0.3, -0.25) is 0 Å². The number of halogens is 2. The van der Waals surface area contributed by atoms with E-state index in [0.717, 1.165) is 38.7 Å². The molecule has 2 heterocycles. The number of aromatic hydroxyl groups is 1. The molecule has 2 fully saturated rings. The number of phenolic OH excluding ortho intramolecular Hbond substituents is 1. The minimum absolute atomic E-state index is 0.117. The van der Waals surface area contributed by atoms with Gasteiger partial charge in [0.15, 0.2) is 0 Å². The van der Waals surface area contributed by atoms with Gasteiger partial charge in [-0.1, -0.05) is 30.1 Å². The van der Waals surface area contributed by atoms with E-state index in [9.17, 15) is 5.11 Å². The molecule has 1 unspecified atom stereocenters. The highest BCUT2D eigenvalue weighted by molar-refractivity contribution is 6.42. The lowest BCUT2D eigenvalue weighted by molar-refractivity contribution is 0.399. The molecule has 1 aromatic carbocycles. The van der Waals surface area contributed by atoms with E-state index >= 15 is 0 Å². The van der Waals surface area contributed by atoms with Crippen LogP contribution < -0.4 is 16.4 Å². The molecule has 0 bridgehead atoms. The van der Waals surface area contributed by atoms with Crippen LogP contribution >= 0.6 is 23.2 Å². The van der Waals surface area contributed by atoms with Crippen LogP contribution in [-0.4, -0.2) is 43.0 Å². The van der Waals surface area contributed by atoms with Crippen LogP contribution in [0.2, 0.25) is 10.0 Å². The monoisotopic (exact) mass is 349 g/mol. The highest BCUT2D eigenvalue weighted by Gasteiger charge is 2.27. The quantitative estimate of drug-likeness (QED) is 0.534. The zero-order valence-electron chi connectivity index (χ0n) is 12.9. The second kappa shape index (κ2) is 9.55. The van der Waals surface area contributed by atoms with Gasteiger partial charge in [-0.25, -0.2) is 0 Å². The lowest BCUT2D eigenvalue weighted by Crippen LogP contribution is -2.52. The smallest absolute Gasteiger partial charge is 0.121 e. The molecule has 3 rings (SSSR count). The third-order valence-corrected chi connectivity index (χ3v) is 4.44. The predicted molar refractivity (Wildman–Crippen MR) is 91.6 cm³/mol. The molecule has 0 aliphatic carbocycles. The summed E-state index contributed by atoms with van der Waals surface area (Å²) in [5.74, 6) is 0.820. The molecule has 2 saturated heterocycles. The summed E-state index contributed by atoms with van der Waals surface area (Å²) in [5, 5.41) is 24.1. The fourth-order valence-corrected chi connectivity index (χ4v) is 2.79. The molecule has 2 aliphatic rings. The van der Waals surface area contributed by atoms with Crippen LogP contribution in [0, 0.1) is 5.92 Å². The van der Waals surface area contributed by atoms with E-state index in [-0.39, 0.29) is 11.8 Å². The highest BCUT2D eigenvalue weighted by atomic mass is 35.5. The Morgan fingerprint density at radius 1 is 1.18 bits per heavy atom. The van der Waals surface area contributed by atoms with Gasteiger partial charge >= 0.3 is 0 Å². The Balaban J connectivity index is 0.000000289. The van der Waals surface area contributed by atoms with Crippen molar-refractivity contribution >= 4 is 23.2 Å². The van der Waals surface area contributed by atoms with Crippen molar-refractivity contribution < 1.29 is 10.2 Å². The Labute approximate surface area is 141 Å². The van der Waals surface area contributed by atoms with Gasteiger partial charge in [-0.05, 0) is 31.0 Å². The van der Waals surface area contributed by atoms with Crippen molar-refractivity contribution in [3.8, 4) is 5.75 Å². The van der Waals surface area contributed by atoms with Gasteiger partial charge in [0.2, 0.25) is 0 Å². The number of aliphatic hydroxyl groups excluding tert-OH is 1. The van der Waals surface area contributed by atoms with Crippen molar-refractivity contribution in [3.05, 3.63) is 27.7 Å². The molecule has 0 saturated carbocycles. The molecule has 2 atom stereocenters. The molecule has 5 nitrogen and oxygen atoms in total. The highest BCUT2D eigenvalue weighted by Crippen LogP contribution is 2.40. The average Bonchev–Trinajstić information content (AvgIpc) is 2.90. The van der Waals surface area contributed by atoms with E-state index in [1.165, 1.54) is 0 Å². The normalized spacial score (nSPS) is 23.7. The summed E-state index contributed by atoms with van der Waals surface area (Å²) >= 11 is 12.0. The minimum atomic E-state index is 0.117. The molecule has 0 radical (unpaired) electrons. The van der Waals surface area contributed by atoms with Crippen LogP contribution in [0.15, 0.2) is 12.1 Å². The lowest BCUT2D eigenvalue weighted by atomic mass is 10.0. The molecule has 0 amide bonds. The summed E-state index contributed by atoms with van der Waals surface area (Å²) in [7, 11) is 1.00. The van der Waals surface area contributed by atoms with Crippen molar-refractivity contribution in [2.45, 2.75) is 25.4 Å². The third-order valence-electron chi connectivity index (χ3n) is 3.62. The topological polar surface area (TPSA) is 90.5 Å². The predicted octanol–water partition coefficient (Wildman–Crippen LogP) is 1.89. The first-order chi connectivity index (χ1) is 10.5. The fraction of sp³-hybridized carbons (Fsp3) is 0.600. The van der Waals surface area contributed by atoms with Gasteiger partial charge in [0.1, 0.15) is 5.75 Å². The number of hydrogen-bond donors (Lipinski definition) is 5. The number of nitrogens with two attached hydrogens (primary N) is 1. The molecular formula is C15H25Cl2N3O2. The van der Waals surface area contributed by atoms with E-state index in [2.05, 4.69) is 17.6 Å². The van der Waals surface area contributed by atoms with Crippen LogP contribution in [0.3, 0.4) is 0 Å². The maximum Gasteiger partial charge on any atom is 0.121 e. The SMILES string of the molecule is CO.C[C@H]1CNC(c2c(O)ccc(Cl)c2Cl)C1.NC1CNC1. The van der Waals surface area contributed by atoms with Crippen molar-refractivity contribution in [3.63, 3.8) is 0 Å². The summed E-state index contributed by atoms with van der Waals surface area (Å²) in [6.07, 6.45) is 0.980. The van der Waals surface area contributed by atoms with E-state index in [0.29, 0.717) is 22.0 Å². The molecule has 6 N–H and O–H groups in total. The summed E-state index contributed by atoms with van der Waals surface area (Å²) in [6, 6.07) is 3.77. The van der Waals surface area contributed by atoms with Crippen LogP contribution in [0.1, 0.15) is 24.9 Å². The zero-order chi connectivity index (χ0) is 16.7. The summed E-state index contributed by atoms with van der Waals surface area (Å²) in [5.41, 5.74) is 6.05. The first-order valence-corrected chi connectivity index (χ1v) is 8.06. The van der Waals surface area contributed by atoms with Crippen LogP contribution in [0.5, 0.6) is 5.75 Å². The van der Waals surface area contributed by atoms with E-state index in [4.69, 9.17) is 34.0 Å². The second-order valence-electron chi connectivity index (χ2n) is 5.51. The Hall–Kier alpha value is -0.560. The van der Waals surface area contributed by atoms with Crippen molar-refractivity contribution in [1.82, 2.24) is 10.6 Å². The largest absolute Gasteiger partial charge is 0.508 e. The number of aliphatic hydroxyl groups is 1. The molecule has 7 heteroatoms. The third kappa shape index (κ3) is 5.26. The van der Waals surface area contributed by atoms with Gasteiger partial charge in [0, 0.05) is 37.8 Å². The second-order valence-corrected chi connectivity index (χ2v) is 6.30. The number of rotatable bonds is 1. The van der Waals surface area contributed by atoms with E-state index in [1.807, 2.05) is 0 Å². The Morgan fingerprint density at radius 3 is 2.18 bits per heavy atom. The van der Waals surface area contributed by atoms with Gasteiger partial charge in [-0.15, -0.1) is 0 Å². The van der Waals surface area contributed by atoms with Gasteiger partial charge in [-0.2, -0.15) is 0 Å². The molecule has 0 aromatic heterocycles. The number of hydrogen-bond acceptors (Lipinski definition) is 5. The van der Waals surface area contributed by atoms with Crippen LogP contribution in [0.25, 0.3) is 0 Å². The zero-order valence-corrected chi connectivity index (χ0v) is 14.5. The Kier molecular flexibility index (Phi) is 8.46. The van der Waals surface area contributed by atoms with E-state index in [1.54, 1.807) is 12.1 Å². The first kappa shape index (κ1) is 19.5. The Bertz CT molecular complexity index is 470. The lowest BCUT2D eigenvalue weighted by Gasteiger charge is -2.21. The average molecular weight is 350 g/mol. The van der Waals surface area contributed by atoms with Crippen molar-refractivity contribution in [2.75, 3.05) is 26.7 Å². The van der Waals surface area contributed by atoms with Gasteiger partial charge < -0.3 is 26.6 Å². The molecule has 22 heavy (non-hydrogen) atoms. The van der Waals surface area contributed by atoms with Crippen LogP contribution in [-0.2, 0) is 0 Å². The van der Waals surface area contributed by atoms with Gasteiger partial charge in [0.05, 0.1) is 10.0 Å². The maximum atomic E-state index is 9.78. The fourth-order valence-electron chi connectivity index (χ4n) is 2.33. The molecule has 126 valence electrons. The molecule has 0 spiro atoms. The van der Waals surface area contributed by atoms with Crippen molar-refractivity contribution in [2.24, 2.45) is 11.7 Å².